The van der Waals surface area contributed by atoms with Gasteiger partial charge in [0, 0.05) is 11.1 Å². The smallest absolute Gasteiger partial charge is 0.264 e. The molecule has 0 unspecified atom stereocenters. The Labute approximate surface area is 84.5 Å². The third kappa shape index (κ3) is 2.10. The fourth-order valence-corrected chi connectivity index (χ4v) is 1.38. The number of anilines is 1. The molecule has 3 N–H and O–H groups in total. The summed E-state index contributed by atoms with van der Waals surface area (Å²) in [5.74, 6) is -0.175. The van der Waals surface area contributed by atoms with Crippen molar-refractivity contribution in [2.45, 2.75) is 18.9 Å². The van der Waals surface area contributed by atoms with Gasteiger partial charge >= 0.3 is 0 Å². The summed E-state index contributed by atoms with van der Waals surface area (Å²) in [7, 11) is 0. The predicted octanol–water partition coefficient (Wildman–Crippen LogP) is 1.83. The van der Waals surface area contributed by atoms with Crippen LogP contribution in [0.2, 0.25) is 0 Å². The highest BCUT2D eigenvalue weighted by Gasteiger charge is 2.16. The number of alkyl halides is 3. The van der Waals surface area contributed by atoms with Crippen molar-refractivity contribution >= 4 is 17.4 Å². The third-order valence-electron chi connectivity index (χ3n) is 1.77. The number of aliphatic hydroxyl groups excluding tert-OH is 1. The van der Waals surface area contributed by atoms with E-state index < -0.39 is 13.0 Å². The Morgan fingerprint density at radius 2 is 2.21 bits per heavy atom. The molecule has 0 spiro atoms. The number of aromatic nitrogens is 1. The lowest BCUT2D eigenvalue weighted by atomic mass is 10.1. The standard InChI is InChI=1S/C8H9ClF2N2O/c9-2-6-5(7(10)11)1-4(3-14)13-8(6)12/h1,7,14H,2-3H2,(H2,12,13). The topological polar surface area (TPSA) is 59.1 Å². The van der Waals surface area contributed by atoms with Crippen molar-refractivity contribution in [3.63, 3.8) is 0 Å². The Hall–Kier alpha value is -0.940. The van der Waals surface area contributed by atoms with E-state index in [0.29, 0.717) is 0 Å². The van der Waals surface area contributed by atoms with Gasteiger partial charge in [0.2, 0.25) is 0 Å². The van der Waals surface area contributed by atoms with Crippen LogP contribution < -0.4 is 5.73 Å². The van der Waals surface area contributed by atoms with E-state index in [4.69, 9.17) is 22.4 Å². The fourth-order valence-electron chi connectivity index (χ4n) is 1.09. The molecule has 0 amide bonds. The molecule has 0 aromatic carbocycles. The normalized spacial score (nSPS) is 10.9. The lowest BCUT2D eigenvalue weighted by Crippen LogP contribution is -2.05. The van der Waals surface area contributed by atoms with Gasteiger partial charge in [0.25, 0.3) is 6.43 Å². The Balaban J connectivity index is 3.28. The highest BCUT2D eigenvalue weighted by Crippen LogP contribution is 2.28. The minimum absolute atomic E-state index is 0.0538. The lowest BCUT2D eigenvalue weighted by molar-refractivity contribution is 0.150. The number of aliphatic hydroxyl groups is 1. The van der Waals surface area contributed by atoms with E-state index in [1.807, 2.05) is 0 Å². The average molecular weight is 223 g/mol. The molecule has 0 aliphatic heterocycles. The quantitative estimate of drug-likeness (QED) is 0.768. The molecule has 3 nitrogen and oxygen atoms in total. The van der Waals surface area contributed by atoms with Crippen LogP contribution in [0.5, 0.6) is 0 Å². The van der Waals surface area contributed by atoms with E-state index >= 15 is 0 Å². The molecule has 0 saturated carbocycles. The number of rotatable bonds is 3. The van der Waals surface area contributed by atoms with Crippen molar-refractivity contribution in [1.29, 1.82) is 0 Å². The zero-order chi connectivity index (χ0) is 10.7. The molecule has 1 aromatic heterocycles. The van der Waals surface area contributed by atoms with Crippen molar-refractivity contribution < 1.29 is 13.9 Å². The molecule has 1 heterocycles. The van der Waals surface area contributed by atoms with Crippen LogP contribution in [0.4, 0.5) is 14.6 Å². The number of hydrogen-bond donors (Lipinski definition) is 2. The zero-order valence-electron chi connectivity index (χ0n) is 7.17. The SMILES string of the molecule is Nc1nc(CO)cc(C(F)F)c1CCl. The van der Waals surface area contributed by atoms with Crippen molar-refractivity contribution in [2.24, 2.45) is 0 Å². The first-order valence-electron chi connectivity index (χ1n) is 3.83. The third-order valence-corrected chi connectivity index (χ3v) is 2.04. The molecule has 1 aromatic rings. The van der Waals surface area contributed by atoms with Crippen LogP contribution in [0, 0.1) is 0 Å². The zero-order valence-corrected chi connectivity index (χ0v) is 7.93. The maximum atomic E-state index is 12.5. The van der Waals surface area contributed by atoms with E-state index in [2.05, 4.69) is 4.98 Å². The summed E-state index contributed by atoms with van der Waals surface area (Å²) in [6.07, 6.45) is -2.67. The van der Waals surface area contributed by atoms with Crippen molar-refractivity contribution in [2.75, 3.05) is 5.73 Å². The number of nitrogens with zero attached hydrogens (tertiary/aromatic N) is 1. The molecule has 0 fully saturated rings. The van der Waals surface area contributed by atoms with Crippen LogP contribution in [0.15, 0.2) is 6.07 Å². The molecule has 0 aliphatic carbocycles. The van der Waals surface area contributed by atoms with Crippen LogP contribution in [0.1, 0.15) is 23.2 Å². The lowest BCUT2D eigenvalue weighted by Gasteiger charge is -2.10. The summed E-state index contributed by atoms with van der Waals surface area (Å²) in [6.45, 7) is -0.424. The second kappa shape index (κ2) is 4.52. The van der Waals surface area contributed by atoms with Gasteiger partial charge in [0.1, 0.15) is 5.82 Å². The molecule has 0 radical (unpaired) electrons. The van der Waals surface area contributed by atoms with Gasteiger partial charge < -0.3 is 10.8 Å². The molecule has 0 saturated heterocycles. The van der Waals surface area contributed by atoms with Gasteiger partial charge in [-0.2, -0.15) is 0 Å². The van der Waals surface area contributed by atoms with Gasteiger partial charge in [-0.05, 0) is 6.07 Å². The Morgan fingerprint density at radius 1 is 1.57 bits per heavy atom. The van der Waals surface area contributed by atoms with Gasteiger partial charge in [-0.15, -0.1) is 11.6 Å². The van der Waals surface area contributed by atoms with Gasteiger partial charge in [-0.1, -0.05) is 0 Å². The van der Waals surface area contributed by atoms with Crippen molar-refractivity contribution in [3.05, 3.63) is 22.9 Å². The summed E-state index contributed by atoms with van der Waals surface area (Å²) in [5.41, 5.74) is 5.38. The first kappa shape index (κ1) is 11.1. The van der Waals surface area contributed by atoms with E-state index in [1.54, 1.807) is 0 Å². The van der Waals surface area contributed by atoms with Crippen molar-refractivity contribution in [3.8, 4) is 0 Å². The molecular formula is C8H9ClF2N2O. The molecule has 78 valence electrons. The highest BCUT2D eigenvalue weighted by molar-refractivity contribution is 6.17. The van der Waals surface area contributed by atoms with Crippen molar-refractivity contribution in [1.82, 2.24) is 4.98 Å². The first-order chi connectivity index (χ1) is 6.60. The maximum Gasteiger partial charge on any atom is 0.264 e. The summed E-state index contributed by atoms with van der Waals surface area (Å²) >= 11 is 5.46. The number of halogens is 3. The molecule has 14 heavy (non-hydrogen) atoms. The highest BCUT2D eigenvalue weighted by atomic mass is 35.5. The molecule has 1 rings (SSSR count). The van der Waals surface area contributed by atoms with Gasteiger partial charge in [-0.3, -0.25) is 0 Å². The molecule has 0 aliphatic rings. The molecule has 0 bridgehead atoms. The Kier molecular flexibility index (Phi) is 3.60. The molecular weight excluding hydrogens is 214 g/mol. The van der Waals surface area contributed by atoms with Crippen LogP contribution in [0.3, 0.4) is 0 Å². The summed E-state index contributed by atoms with van der Waals surface area (Å²) in [6, 6.07) is 1.11. The largest absolute Gasteiger partial charge is 0.390 e. The Morgan fingerprint density at radius 3 is 2.64 bits per heavy atom. The molecule has 0 atom stereocenters. The van der Waals surface area contributed by atoms with Gasteiger partial charge in [0.15, 0.2) is 0 Å². The van der Waals surface area contributed by atoms with Crippen LogP contribution in [0.25, 0.3) is 0 Å². The summed E-state index contributed by atoms with van der Waals surface area (Å²) < 4.78 is 25.0. The van der Waals surface area contributed by atoms with Crippen LogP contribution in [-0.2, 0) is 12.5 Å². The second-order valence-electron chi connectivity index (χ2n) is 2.66. The number of hydrogen-bond acceptors (Lipinski definition) is 3. The monoisotopic (exact) mass is 222 g/mol. The Bertz CT molecular complexity index is 333. The number of pyridine rings is 1. The van der Waals surface area contributed by atoms with E-state index in [0.717, 1.165) is 6.07 Å². The number of nitrogens with two attached hydrogens (primary N) is 1. The minimum atomic E-state index is -2.67. The average Bonchev–Trinajstić information content (AvgIpc) is 2.16. The number of nitrogen functional groups attached to an aromatic ring is 1. The molecule has 6 heteroatoms. The van der Waals surface area contributed by atoms with Crippen LogP contribution >= 0.6 is 11.6 Å². The summed E-state index contributed by atoms with van der Waals surface area (Å²) in [4.78, 5) is 3.72. The first-order valence-corrected chi connectivity index (χ1v) is 4.36. The minimum Gasteiger partial charge on any atom is -0.390 e. The van der Waals surface area contributed by atoms with Gasteiger partial charge in [-0.25, -0.2) is 13.8 Å². The van der Waals surface area contributed by atoms with Crippen LogP contribution in [-0.4, -0.2) is 10.1 Å². The second-order valence-corrected chi connectivity index (χ2v) is 2.93. The fraction of sp³-hybridized carbons (Fsp3) is 0.375. The van der Waals surface area contributed by atoms with E-state index in [-0.39, 0.29) is 28.5 Å². The predicted molar refractivity (Wildman–Crippen MR) is 49.1 cm³/mol. The van der Waals surface area contributed by atoms with E-state index in [9.17, 15) is 8.78 Å². The van der Waals surface area contributed by atoms with Gasteiger partial charge in [0.05, 0.1) is 18.2 Å². The van der Waals surface area contributed by atoms with E-state index in [1.165, 1.54) is 0 Å². The summed E-state index contributed by atoms with van der Waals surface area (Å²) in [5, 5.41) is 8.74. The maximum absolute atomic E-state index is 12.5.